The van der Waals surface area contributed by atoms with E-state index in [1.807, 2.05) is 0 Å². The van der Waals surface area contributed by atoms with E-state index in [2.05, 4.69) is 4.98 Å². The van der Waals surface area contributed by atoms with Gasteiger partial charge in [-0.2, -0.15) is 0 Å². The molecule has 1 heterocycles. The van der Waals surface area contributed by atoms with E-state index in [1.54, 1.807) is 24.3 Å². The topological polar surface area (TPSA) is 56.3 Å². The minimum Gasteiger partial charge on any atom is -0.439 e. The molecular formula is C12H10ClNO3S. The molecule has 0 spiro atoms. The predicted octanol–water partition coefficient (Wildman–Crippen LogP) is 2.93. The molecule has 0 aliphatic rings. The number of rotatable bonds is 3. The number of benzene rings is 1. The molecular weight excluding hydrogens is 274 g/mol. The molecule has 0 amide bonds. The Morgan fingerprint density at radius 1 is 1.11 bits per heavy atom. The molecule has 2 aromatic rings. The largest absolute Gasteiger partial charge is 0.439 e. The highest BCUT2D eigenvalue weighted by Gasteiger charge is 2.07. The second-order valence-electron chi connectivity index (χ2n) is 3.66. The van der Waals surface area contributed by atoms with Crippen LogP contribution >= 0.6 is 11.6 Å². The SMILES string of the molecule is CS(=O)(=O)c1ccc(Oc2ccc(Cl)cc2)nc1. The van der Waals surface area contributed by atoms with Gasteiger partial charge in [0.2, 0.25) is 5.88 Å². The minimum absolute atomic E-state index is 0.158. The third kappa shape index (κ3) is 3.21. The minimum atomic E-state index is -3.23. The summed E-state index contributed by atoms with van der Waals surface area (Å²) >= 11 is 5.75. The zero-order chi connectivity index (χ0) is 13.2. The Morgan fingerprint density at radius 3 is 2.28 bits per heavy atom. The monoisotopic (exact) mass is 283 g/mol. The maximum absolute atomic E-state index is 11.2. The lowest BCUT2D eigenvalue weighted by atomic mass is 10.3. The van der Waals surface area contributed by atoms with Crippen molar-refractivity contribution in [3.05, 3.63) is 47.6 Å². The Balaban J connectivity index is 2.18. The average Bonchev–Trinajstić information content (AvgIpc) is 2.32. The zero-order valence-corrected chi connectivity index (χ0v) is 11.1. The lowest BCUT2D eigenvalue weighted by molar-refractivity contribution is 0.462. The molecule has 0 N–H and O–H groups in total. The van der Waals surface area contributed by atoms with Crippen molar-refractivity contribution in [1.29, 1.82) is 0 Å². The van der Waals surface area contributed by atoms with Crippen molar-refractivity contribution in [1.82, 2.24) is 4.98 Å². The average molecular weight is 284 g/mol. The van der Waals surface area contributed by atoms with Gasteiger partial charge in [0.15, 0.2) is 9.84 Å². The first-order valence-corrected chi connectivity index (χ1v) is 7.31. The molecule has 0 aliphatic heterocycles. The van der Waals surface area contributed by atoms with Gasteiger partial charge in [0.1, 0.15) is 5.75 Å². The number of aromatic nitrogens is 1. The molecule has 6 heteroatoms. The summed E-state index contributed by atoms with van der Waals surface area (Å²) < 4.78 is 27.9. The van der Waals surface area contributed by atoms with Crippen LogP contribution in [0.4, 0.5) is 0 Å². The zero-order valence-electron chi connectivity index (χ0n) is 9.50. The van der Waals surface area contributed by atoms with Gasteiger partial charge < -0.3 is 4.74 Å². The van der Waals surface area contributed by atoms with E-state index in [4.69, 9.17) is 16.3 Å². The fourth-order valence-electron chi connectivity index (χ4n) is 1.27. The van der Waals surface area contributed by atoms with E-state index < -0.39 is 9.84 Å². The van der Waals surface area contributed by atoms with E-state index in [0.717, 1.165) is 6.26 Å². The number of sulfone groups is 1. The van der Waals surface area contributed by atoms with Gasteiger partial charge in [-0.15, -0.1) is 0 Å². The van der Waals surface area contributed by atoms with Crippen LogP contribution in [-0.2, 0) is 9.84 Å². The summed E-state index contributed by atoms with van der Waals surface area (Å²) in [5.74, 6) is 0.906. The molecule has 2 rings (SSSR count). The van der Waals surface area contributed by atoms with Gasteiger partial charge in [-0.1, -0.05) is 11.6 Å². The number of pyridine rings is 1. The van der Waals surface area contributed by atoms with Crippen molar-refractivity contribution >= 4 is 21.4 Å². The second kappa shape index (κ2) is 4.96. The quantitative estimate of drug-likeness (QED) is 0.869. The molecule has 0 atom stereocenters. The number of nitrogens with zero attached hydrogens (tertiary/aromatic N) is 1. The lowest BCUT2D eigenvalue weighted by Crippen LogP contribution is -1.98. The van der Waals surface area contributed by atoms with Crippen molar-refractivity contribution in [3.8, 4) is 11.6 Å². The summed E-state index contributed by atoms with van der Waals surface area (Å²) in [6.07, 6.45) is 2.39. The fourth-order valence-corrected chi connectivity index (χ4v) is 1.96. The first-order chi connectivity index (χ1) is 8.45. The molecule has 0 aliphatic carbocycles. The molecule has 0 saturated carbocycles. The molecule has 0 saturated heterocycles. The van der Waals surface area contributed by atoms with Crippen LogP contribution in [0.25, 0.3) is 0 Å². The summed E-state index contributed by atoms with van der Waals surface area (Å²) in [6.45, 7) is 0. The van der Waals surface area contributed by atoms with Crippen molar-refractivity contribution in [2.45, 2.75) is 4.90 Å². The Labute approximate surface area is 110 Å². The van der Waals surface area contributed by atoms with E-state index in [-0.39, 0.29) is 4.90 Å². The Hall–Kier alpha value is -1.59. The third-order valence-corrected chi connectivity index (χ3v) is 3.52. The molecule has 1 aromatic heterocycles. The van der Waals surface area contributed by atoms with Crippen LogP contribution < -0.4 is 4.74 Å². The summed E-state index contributed by atoms with van der Waals surface area (Å²) in [7, 11) is -3.23. The summed E-state index contributed by atoms with van der Waals surface area (Å²) in [5, 5.41) is 0.614. The molecule has 18 heavy (non-hydrogen) atoms. The molecule has 0 fully saturated rings. The Morgan fingerprint density at radius 2 is 1.78 bits per heavy atom. The van der Waals surface area contributed by atoms with E-state index in [9.17, 15) is 8.42 Å². The third-order valence-electron chi connectivity index (χ3n) is 2.17. The molecule has 0 radical (unpaired) electrons. The maximum Gasteiger partial charge on any atom is 0.219 e. The smallest absolute Gasteiger partial charge is 0.219 e. The number of ether oxygens (including phenoxy) is 1. The van der Waals surface area contributed by atoms with Crippen LogP contribution in [0.3, 0.4) is 0 Å². The Kier molecular flexibility index (Phi) is 3.54. The van der Waals surface area contributed by atoms with Crippen LogP contribution in [0.2, 0.25) is 5.02 Å². The van der Waals surface area contributed by atoms with Crippen LogP contribution in [-0.4, -0.2) is 19.7 Å². The van der Waals surface area contributed by atoms with E-state index in [1.165, 1.54) is 18.3 Å². The first-order valence-electron chi connectivity index (χ1n) is 5.05. The fraction of sp³-hybridized carbons (Fsp3) is 0.0833. The Bertz CT molecular complexity index is 636. The van der Waals surface area contributed by atoms with Gasteiger partial charge in [0.25, 0.3) is 0 Å². The van der Waals surface area contributed by atoms with Gasteiger partial charge in [0, 0.05) is 23.5 Å². The molecule has 0 unspecified atom stereocenters. The summed E-state index contributed by atoms with van der Waals surface area (Å²) in [6, 6.07) is 9.76. The van der Waals surface area contributed by atoms with Crippen LogP contribution in [0.15, 0.2) is 47.5 Å². The van der Waals surface area contributed by atoms with Gasteiger partial charge in [-0.25, -0.2) is 13.4 Å². The highest BCUT2D eigenvalue weighted by molar-refractivity contribution is 7.90. The van der Waals surface area contributed by atoms with Crippen molar-refractivity contribution in [2.75, 3.05) is 6.26 Å². The standard InChI is InChI=1S/C12H10ClNO3S/c1-18(15,16)11-6-7-12(14-8-11)17-10-4-2-9(13)3-5-10/h2-8H,1H3. The summed E-state index contributed by atoms with van der Waals surface area (Å²) in [5.41, 5.74) is 0. The second-order valence-corrected chi connectivity index (χ2v) is 6.11. The van der Waals surface area contributed by atoms with Crippen molar-refractivity contribution < 1.29 is 13.2 Å². The maximum atomic E-state index is 11.2. The first kappa shape index (κ1) is 12.9. The highest BCUT2D eigenvalue weighted by Crippen LogP contribution is 2.22. The number of hydrogen-bond donors (Lipinski definition) is 0. The number of hydrogen-bond acceptors (Lipinski definition) is 4. The van der Waals surface area contributed by atoms with Crippen LogP contribution in [0.5, 0.6) is 11.6 Å². The van der Waals surface area contributed by atoms with Crippen molar-refractivity contribution in [2.24, 2.45) is 0 Å². The molecule has 4 nitrogen and oxygen atoms in total. The normalized spacial score (nSPS) is 11.2. The predicted molar refractivity (Wildman–Crippen MR) is 68.9 cm³/mol. The van der Waals surface area contributed by atoms with Crippen molar-refractivity contribution in [3.63, 3.8) is 0 Å². The van der Waals surface area contributed by atoms with Crippen LogP contribution in [0.1, 0.15) is 0 Å². The van der Waals surface area contributed by atoms with Gasteiger partial charge in [-0.05, 0) is 30.3 Å². The van der Waals surface area contributed by atoms with Gasteiger partial charge >= 0.3 is 0 Å². The van der Waals surface area contributed by atoms with Crippen LogP contribution in [0, 0.1) is 0 Å². The lowest BCUT2D eigenvalue weighted by Gasteiger charge is -2.05. The molecule has 1 aromatic carbocycles. The number of halogens is 1. The van der Waals surface area contributed by atoms with E-state index in [0.29, 0.717) is 16.7 Å². The van der Waals surface area contributed by atoms with Gasteiger partial charge in [-0.3, -0.25) is 0 Å². The summed E-state index contributed by atoms with van der Waals surface area (Å²) in [4.78, 5) is 4.09. The molecule has 94 valence electrons. The van der Waals surface area contributed by atoms with Gasteiger partial charge in [0.05, 0.1) is 4.90 Å². The van der Waals surface area contributed by atoms with E-state index >= 15 is 0 Å². The molecule has 0 bridgehead atoms. The highest BCUT2D eigenvalue weighted by atomic mass is 35.5.